The summed E-state index contributed by atoms with van der Waals surface area (Å²) >= 11 is 1.52. The third-order valence-corrected chi connectivity index (χ3v) is 7.78. The lowest BCUT2D eigenvalue weighted by Gasteiger charge is -2.20. The van der Waals surface area contributed by atoms with Gasteiger partial charge < -0.3 is 19.6 Å². The number of carbonyl (C=O) groups is 2. The zero-order valence-corrected chi connectivity index (χ0v) is 24.0. The van der Waals surface area contributed by atoms with Crippen LogP contribution >= 0.6 is 11.8 Å². The van der Waals surface area contributed by atoms with Crippen LogP contribution in [-0.4, -0.2) is 42.1 Å². The number of ether oxygens (including phenoxy) is 1. The lowest BCUT2D eigenvalue weighted by atomic mass is 9.91. The van der Waals surface area contributed by atoms with Gasteiger partial charge in [0, 0.05) is 18.2 Å². The minimum absolute atomic E-state index is 0.310. The molecule has 5 rings (SSSR count). The highest BCUT2D eigenvalue weighted by Crippen LogP contribution is 2.36. The van der Waals surface area contributed by atoms with Crippen LogP contribution in [0.15, 0.2) is 101 Å². The van der Waals surface area contributed by atoms with Crippen molar-refractivity contribution in [3.8, 4) is 22.5 Å². The van der Waals surface area contributed by atoms with E-state index in [1.165, 1.54) is 23.9 Å². The van der Waals surface area contributed by atoms with E-state index >= 15 is 0 Å². The van der Waals surface area contributed by atoms with Gasteiger partial charge in [-0.15, -0.1) is 0 Å². The van der Waals surface area contributed by atoms with E-state index in [9.17, 15) is 19.1 Å². The number of hydrogen-bond acceptors (Lipinski definition) is 5. The van der Waals surface area contributed by atoms with Gasteiger partial charge in [-0.25, -0.2) is 9.18 Å². The average molecular weight is 584 g/mol. The first-order chi connectivity index (χ1) is 20.4. The number of halogens is 1. The fourth-order valence-corrected chi connectivity index (χ4v) is 5.49. The molecule has 5 aromatic rings. The van der Waals surface area contributed by atoms with Gasteiger partial charge >= 0.3 is 5.97 Å². The van der Waals surface area contributed by atoms with Gasteiger partial charge in [0.05, 0.1) is 0 Å². The van der Waals surface area contributed by atoms with E-state index in [4.69, 9.17) is 9.15 Å². The standard InChI is InChI=1S/C34H30FNO5S/c1-40-32(31-17-16-30(41-31)22-10-13-24(35)14-11-22)23-12-15-27(33(37)36-29(34(38)39)18-19-42-2)28(20-23)26-9-5-7-21-6-3-4-8-25(21)26/h3-17,20,29,32H,18-19H2,1-2H3,(H,36,37)(H,38,39). The van der Waals surface area contributed by atoms with Gasteiger partial charge in [-0.2, -0.15) is 11.8 Å². The summed E-state index contributed by atoms with van der Waals surface area (Å²) in [5.74, 6) is -0.156. The number of carbonyl (C=O) groups excluding carboxylic acids is 1. The van der Waals surface area contributed by atoms with Crippen LogP contribution in [0.4, 0.5) is 4.39 Å². The second kappa shape index (κ2) is 13.1. The second-order valence-corrected chi connectivity index (χ2v) is 10.8. The van der Waals surface area contributed by atoms with Gasteiger partial charge in [-0.05, 0) is 94.4 Å². The van der Waals surface area contributed by atoms with Crippen molar-refractivity contribution in [1.82, 2.24) is 5.32 Å². The molecule has 0 saturated heterocycles. The molecule has 2 atom stereocenters. The number of hydrogen-bond donors (Lipinski definition) is 2. The summed E-state index contributed by atoms with van der Waals surface area (Å²) < 4.78 is 25.4. The first-order valence-corrected chi connectivity index (χ1v) is 14.8. The molecule has 1 heterocycles. The third kappa shape index (κ3) is 6.25. The van der Waals surface area contributed by atoms with Crippen LogP contribution < -0.4 is 5.32 Å². The van der Waals surface area contributed by atoms with Crippen LogP contribution in [0.2, 0.25) is 0 Å². The van der Waals surface area contributed by atoms with E-state index in [0.29, 0.717) is 34.8 Å². The molecule has 2 unspecified atom stereocenters. The maximum absolute atomic E-state index is 13.6. The molecule has 0 aliphatic rings. The monoisotopic (exact) mass is 583 g/mol. The number of carboxylic acids is 1. The summed E-state index contributed by atoms with van der Waals surface area (Å²) in [6, 6.07) is 27.8. The van der Waals surface area contributed by atoms with E-state index in [1.807, 2.05) is 66.9 Å². The average Bonchev–Trinajstić information content (AvgIpc) is 3.49. The molecule has 0 aliphatic heterocycles. The van der Waals surface area contributed by atoms with Crippen molar-refractivity contribution in [1.29, 1.82) is 0 Å². The van der Waals surface area contributed by atoms with Crippen molar-refractivity contribution in [3.63, 3.8) is 0 Å². The molecule has 214 valence electrons. The number of fused-ring (bicyclic) bond motifs is 1. The highest BCUT2D eigenvalue weighted by Gasteiger charge is 2.25. The zero-order chi connectivity index (χ0) is 29.6. The van der Waals surface area contributed by atoms with Crippen LogP contribution in [0.25, 0.3) is 33.2 Å². The van der Waals surface area contributed by atoms with E-state index < -0.39 is 24.0 Å². The van der Waals surface area contributed by atoms with E-state index in [2.05, 4.69) is 5.32 Å². The summed E-state index contributed by atoms with van der Waals surface area (Å²) in [6.45, 7) is 0. The minimum Gasteiger partial charge on any atom is -0.480 e. The number of rotatable bonds is 11. The fourth-order valence-electron chi connectivity index (χ4n) is 5.01. The van der Waals surface area contributed by atoms with Crippen LogP contribution in [0.3, 0.4) is 0 Å². The number of furan rings is 1. The predicted octanol–water partition coefficient (Wildman–Crippen LogP) is 7.58. The number of nitrogens with one attached hydrogen (secondary N) is 1. The molecule has 1 amide bonds. The summed E-state index contributed by atoms with van der Waals surface area (Å²) in [6.07, 6.45) is 1.61. The second-order valence-electron chi connectivity index (χ2n) is 9.80. The van der Waals surface area contributed by atoms with Crippen molar-refractivity contribution in [2.24, 2.45) is 0 Å². The maximum Gasteiger partial charge on any atom is 0.326 e. The summed E-state index contributed by atoms with van der Waals surface area (Å²) in [4.78, 5) is 25.5. The number of amides is 1. The number of aliphatic carboxylic acids is 1. The van der Waals surface area contributed by atoms with Gasteiger partial charge in [-0.3, -0.25) is 4.79 Å². The molecule has 0 aliphatic carbocycles. The Balaban J connectivity index is 1.58. The Hall–Kier alpha value is -4.40. The Morgan fingerprint density at radius 3 is 2.45 bits per heavy atom. The van der Waals surface area contributed by atoms with Gasteiger partial charge in [0.25, 0.3) is 5.91 Å². The number of carboxylic acid groups (broad SMARTS) is 1. The lowest BCUT2D eigenvalue weighted by Crippen LogP contribution is -2.41. The first kappa shape index (κ1) is 29.1. The normalized spacial score (nSPS) is 12.6. The molecular weight excluding hydrogens is 553 g/mol. The van der Waals surface area contributed by atoms with Crippen molar-refractivity contribution in [3.05, 3.63) is 120 Å². The molecule has 8 heteroatoms. The van der Waals surface area contributed by atoms with Gasteiger partial charge in [-0.1, -0.05) is 48.5 Å². The first-order valence-electron chi connectivity index (χ1n) is 13.4. The highest BCUT2D eigenvalue weighted by molar-refractivity contribution is 7.98. The molecule has 0 fully saturated rings. The number of benzene rings is 4. The Kier molecular flexibility index (Phi) is 9.05. The van der Waals surface area contributed by atoms with E-state index in [1.54, 1.807) is 31.4 Å². The Bertz CT molecular complexity index is 1710. The van der Waals surface area contributed by atoms with Gasteiger partial charge in [0.15, 0.2) is 0 Å². The van der Waals surface area contributed by atoms with Crippen LogP contribution in [0.5, 0.6) is 0 Å². The van der Waals surface area contributed by atoms with Crippen molar-refractivity contribution in [2.75, 3.05) is 19.1 Å². The molecule has 1 aromatic heterocycles. The van der Waals surface area contributed by atoms with Crippen LogP contribution in [-0.2, 0) is 9.53 Å². The predicted molar refractivity (Wildman–Crippen MR) is 164 cm³/mol. The SMILES string of the molecule is COC(c1ccc(C(=O)NC(CCSC)C(=O)O)c(-c2cccc3ccccc23)c1)c1ccc(-c2ccc(F)cc2)o1. The van der Waals surface area contributed by atoms with E-state index in [0.717, 1.165) is 27.5 Å². The lowest BCUT2D eigenvalue weighted by molar-refractivity contribution is -0.139. The van der Waals surface area contributed by atoms with Gasteiger partial charge in [0.1, 0.15) is 29.5 Å². The van der Waals surface area contributed by atoms with Crippen molar-refractivity contribution in [2.45, 2.75) is 18.6 Å². The molecule has 0 radical (unpaired) electrons. The molecule has 0 saturated carbocycles. The van der Waals surface area contributed by atoms with Crippen LogP contribution in [0.1, 0.15) is 34.2 Å². The minimum atomic E-state index is -1.07. The molecule has 42 heavy (non-hydrogen) atoms. The quantitative estimate of drug-likeness (QED) is 0.167. The Labute approximate surface area is 247 Å². The topological polar surface area (TPSA) is 88.8 Å². The fraction of sp³-hybridized carbons (Fsp3) is 0.176. The Morgan fingerprint density at radius 1 is 0.952 bits per heavy atom. The molecule has 6 nitrogen and oxygen atoms in total. The highest BCUT2D eigenvalue weighted by atomic mass is 32.2. The van der Waals surface area contributed by atoms with Gasteiger partial charge in [0.2, 0.25) is 0 Å². The molecular formula is C34H30FNO5S. The maximum atomic E-state index is 13.6. The summed E-state index contributed by atoms with van der Waals surface area (Å²) in [7, 11) is 1.58. The molecule has 2 N–H and O–H groups in total. The molecule has 4 aromatic carbocycles. The molecule has 0 bridgehead atoms. The third-order valence-electron chi connectivity index (χ3n) is 7.13. The summed E-state index contributed by atoms with van der Waals surface area (Å²) in [5, 5.41) is 14.4. The summed E-state index contributed by atoms with van der Waals surface area (Å²) in [5.41, 5.74) is 3.30. The number of thioether (sulfide) groups is 1. The van der Waals surface area contributed by atoms with Crippen molar-refractivity contribution >= 4 is 34.4 Å². The smallest absolute Gasteiger partial charge is 0.326 e. The number of methoxy groups -OCH3 is 1. The van der Waals surface area contributed by atoms with E-state index in [-0.39, 0.29) is 5.82 Å². The van der Waals surface area contributed by atoms with Crippen molar-refractivity contribution < 1.29 is 28.2 Å². The molecule has 0 spiro atoms. The van der Waals surface area contributed by atoms with Crippen LogP contribution in [0, 0.1) is 5.82 Å². The largest absolute Gasteiger partial charge is 0.480 e. The zero-order valence-electron chi connectivity index (χ0n) is 23.2. The Morgan fingerprint density at radius 2 is 1.71 bits per heavy atom.